The molecular weight excluding hydrogens is 319 g/mol. The van der Waals surface area contributed by atoms with Crippen molar-refractivity contribution in [2.75, 3.05) is 13.1 Å². The van der Waals surface area contributed by atoms with Gasteiger partial charge in [0.25, 0.3) is 5.91 Å². The van der Waals surface area contributed by atoms with E-state index in [-0.39, 0.29) is 24.4 Å². The van der Waals surface area contributed by atoms with Crippen molar-refractivity contribution in [2.45, 2.75) is 18.9 Å². The molecule has 2 aliphatic rings. The molecule has 1 amide bonds. The Morgan fingerprint density at radius 3 is 2.40 bits per heavy atom. The van der Waals surface area contributed by atoms with Gasteiger partial charge < -0.3 is 10.6 Å². The predicted octanol–water partition coefficient (Wildman–Crippen LogP) is 3.22. The normalized spacial score (nSPS) is 28.1. The summed E-state index contributed by atoms with van der Waals surface area (Å²) in [5.74, 6) is 1.03. The molecule has 0 bridgehead atoms. The lowest BCUT2D eigenvalue weighted by Gasteiger charge is -2.19. The van der Waals surface area contributed by atoms with Crippen molar-refractivity contribution in [3.8, 4) is 0 Å². The smallest absolute Gasteiger partial charge is 0.253 e. The first-order chi connectivity index (χ1) is 9.04. The van der Waals surface area contributed by atoms with Crippen molar-refractivity contribution in [3.05, 3.63) is 33.8 Å². The van der Waals surface area contributed by atoms with Crippen LogP contribution in [0.3, 0.4) is 0 Å². The third-order valence-electron chi connectivity index (χ3n) is 4.31. The average Bonchev–Trinajstić information content (AvgIpc) is 2.90. The summed E-state index contributed by atoms with van der Waals surface area (Å²) in [6.07, 6.45) is 2.21. The highest BCUT2D eigenvalue weighted by atomic mass is 35.5. The van der Waals surface area contributed by atoms with Gasteiger partial charge in [0.1, 0.15) is 0 Å². The fourth-order valence-corrected chi connectivity index (χ4v) is 3.86. The standard InChI is InChI=1S/C14H16Cl2N2O.ClH/c15-10-3-9(4-11(16)5-10)14(19)18-6-8-1-2-13(17)12(8)7-18;/h3-5,8,12-13H,1-2,6-7,17H2;1H. The van der Waals surface area contributed by atoms with Gasteiger partial charge in [0, 0.05) is 34.7 Å². The summed E-state index contributed by atoms with van der Waals surface area (Å²) in [4.78, 5) is 14.3. The molecule has 2 fully saturated rings. The summed E-state index contributed by atoms with van der Waals surface area (Å²) in [5.41, 5.74) is 6.65. The van der Waals surface area contributed by atoms with Crippen molar-refractivity contribution in [1.82, 2.24) is 4.90 Å². The molecule has 3 rings (SSSR count). The van der Waals surface area contributed by atoms with Crippen LogP contribution in [0.2, 0.25) is 10.0 Å². The summed E-state index contributed by atoms with van der Waals surface area (Å²) >= 11 is 11.9. The first-order valence-corrected chi connectivity index (χ1v) is 7.31. The fraction of sp³-hybridized carbons (Fsp3) is 0.500. The van der Waals surface area contributed by atoms with E-state index >= 15 is 0 Å². The fourth-order valence-electron chi connectivity index (χ4n) is 3.33. The lowest BCUT2D eigenvalue weighted by molar-refractivity contribution is 0.0779. The van der Waals surface area contributed by atoms with Crippen LogP contribution in [0.1, 0.15) is 23.2 Å². The van der Waals surface area contributed by atoms with Crippen LogP contribution in [0.25, 0.3) is 0 Å². The van der Waals surface area contributed by atoms with E-state index in [9.17, 15) is 4.79 Å². The van der Waals surface area contributed by atoms with E-state index in [1.54, 1.807) is 18.2 Å². The van der Waals surface area contributed by atoms with E-state index in [2.05, 4.69) is 0 Å². The minimum atomic E-state index is 0. The van der Waals surface area contributed by atoms with E-state index in [0.29, 0.717) is 27.4 Å². The summed E-state index contributed by atoms with van der Waals surface area (Å²) in [6.45, 7) is 1.57. The van der Waals surface area contributed by atoms with E-state index in [1.807, 2.05) is 4.90 Å². The first kappa shape index (κ1) is 15.9. The Balaban J connectivity index is 0.00000147. The van der Waals surface area contributed by atoms with Crippen molar-refractivity contribution in [3.63, 3.8) is 0 Å². The zero-order chi connectivity index (χ0) is 13.6. The van der Waals surface area contributed by atoms with Gasteiger partial charge in [-0.2, -0.15) is 0 Å². The molecule has 3 nitrogen and oxygen atoms in total. The second-order valence-corrected chi connectivity index (χ2v) is 6.41. The molecule has 1 heterocycles. The maximum absolute atomic E-state index is 12.5. The van der Waals surface area contributed by atoms with Crippen LogP contribution in [0.4, 0.5) is 0 Å². The number of halogens is 3. The Labute approximate surface area is 134 Å². The second-order valence-electron chi connectivity index (χ2n) is 5.53. The molecule has 1 saturated heterocycles. The van der Waals surface area contributed by atoms with Crippen LogP contribution in [-0.4, -0.2) is 29.9 Å². The highest BCUT2D eigenvalue weighted by molar-refractivity contribution is 6.35. The lowest BCUT2D eigenvalue weighted by atomic mass is 9.98. The van der Waals surface area contributed by atoms with Gasteiger partial charge in [-0.1, -0.05) is 23.2 Å². The van der Waals surface area contributed by atoms with Gasteiger partial charge in [-0.25, -0.2) is 0 Å². The topological polar surface area (TPSA) is 46.3 Å². The zero-order valence-corrected chi connectivity index (χ0v) is 13.2. The zero-order valence-electron chi connectivity index (χ0n) is 10.9. The number of hydrogen-bond donors (Lipinski definition) is 1. The van der Waals surface area contributed by atoms with Crippen LogP contribution in [-0.2, 0) is 0 Å². The number of fused-ring (bicyclic) bond motifs is 1. The van der Waals surface area contributed by atoms with Crippen LogP contribution >= 0.6 is 35.6 Å². The molecule has 6 heteroatoms. The molecule has 20 heavy (non-hydrogen) atoms. The maximum atomic E-state index is 12.5. The number of carbonyl (C=O) groups is 1. The van der Waals surface area contributed by atoms with Gasteiger partial charge in [-0.15, -0.1) is 12.4 Å². The first-order valence-electron chi connectivity index (χ1n) is 6.55. The average molecular weight is 336 g/mol. The SMILES string of the molecule is Cl.NC1CCC2CN(C(=O)c3cc(Cl)cc(Cl)c3)CC12. The minimum absolute atomic E-state index is 0. The number of likely N-dealkylation sites (tertiary alicyclic amines) is 1. The predicted molar refractivity (Wildman–Crippen MR) is 83.8 cm³/mol. The molecule has 1 aromatic carbocycles. The quantitative estimate of drug-likeness (QED) is 0.856. The van der Waals surface area contributed by atoms with E-state index < -0.39 is 0 Å². The number of rotatable bonds is 1. The Hall–Kier alpha value is -0.480. The molecule has 1 aliphatic carbocycles. The lowest BCUT2D eigenvalue weighted by Crippen LogP contribution is -2.33. The maximum Gasteiger partial charge on any atom is 0.253 e. The largest absolute Gasteiger partial charge is 0.338 e. The van der Waals surface area contributed by atoms with Crippen LogP contribution in [0.5, 0.6) is 0 Å². The number of nitrogens with two attached hydrogens (primary N) is 1. The molecule has 0 aromatic heterocycles. The summed E-state index contributed by atoms with van der Waals surface area (Å²) in [7, 11) is 0. The Kier molecular flexibility index (Phi) is 4.85. The monoisotopic (exact) mass is 334 g/mol. The third-order valence-corrected chi connectivity index (χ3v) is 4.75. The Morgan fingerprint density at radius 1 is 1.15 bits per heavy atom. The number of benzene rings is 1. The molecule has 1 saturated carbocycles. The molecule has 3 unspecified atom stereocenters. The van der Waals surface area contributed by atoms with E-state index in [4.69, 9.17) is 28.9 Å². The van der Waals surface area contributed by atoms with Gasteiger partial charge in [0.15, 0.2) is 0 Å². The summed E-state index contributed by atoms with van der Waals surface area (Å²) in [5, 5.41) is 0.985. The molecule has 110 valence electrons. The van der Waals surface area contributed by atoms with Crippen molar-refractivity contribution >= 4 is 41.5 Å². The Morgan fingerprint density at radius 2 is 1.80 bits per heavy atom. The second kappa shape index (κ2) is 6.10. The van der Waals surface area contributed by atoms with E-state index in [1.165, 1.54) is 0 Å². The van der Waals surface area contributed by atoms with Crippen molar-refractivity contribution < 1.29 is 4.79 Å². The highest BCUT2D eigenvalue weighted by Gasteiger charge is 2.42. The van der Waals surface area contributed by atoms with Gasteiger partial charge in [0.05, 0.1) is 0 Å². The number of carbonyl (C=O) groups excluding carboxylic acids is 1. The van der Waals surface area contributed by atoms with Crippen LogP contribution in [0, 0.1) is 11.8 Å². The van der Waals surface area contributed by atoms with E-state index in [0.717, 1.165) is 25.9 Å². The summed E-state index contributed by atoms with van der Waals surface area (Å²) in [6, 6.07) is 5.22. The molecule has 0 radical (unpaired) electrons. The van der Waals surface area contributed by atoms with Crippen molar-refractivity contribution in [1.29, 1.82) is 0 Å². The molecule has 3 atom stereocenters. The number of hydrogen-bond acceptors (Lipinski definition) is 2. The number of nitrogens with zero attached hydrogens (tertiary/aromatic N) is 1. The molecule has 1 aliphatic heterocycles. The van der Waals surface area contributed by atoms with Gasteiger partial charge in [0.2, 0.25) is 0 Å². The molecule has 0 spiro atoms. The van der Waals surface area contributed by atoms with Gasteiger partial charge >= 0.3 is 0 Å². The third kappa shape index (κ3) is 2.91. The van der Waals surface area contributed by atoms with Crippen LogP contribution < -0.4 is 5.73 Å². The molecular formula is C14H17Cl3N2O. The summed E-state index contributed by atoms with van der Waals surface area (Å²) < 4.78 is 0. The molecule has 2 N–H and O–H groups in total. The van der Waals surface area contributed by atoms with Crippen molar-refractivity contribution in [2.24, 2.45) is 17.6 Å². The molecule has 1 aromatic rings. The highest BCUT2D eigenvalue weighted by Crippen LogP contribution is 2.37. The van der Waals surface area contributed by atoms with Gasteiger partial charge in [-0.05, 0) is 42.9 Å². The van der Waals surface area contributed by atoms with Gasteiger partial charge in [-0.3, -0.25) is 4.79 Å². The Bertz CT molecular complexity index is 503. The minimum Gasteiger partial charge on any atom is -0.338 e. The number of amides is 1. The van der Waals surface area contributed by atoms with Crippen LogP contribution in [0.15, 0.2) is 18.2 Å².